The number of carbonyl (C=O) groups excluding carboxylic acids is 1. The van der Waals surface area contributed by atoms with Crippen molar-refractivity contribution < 1.29 is 4.79 Å². The lowest BCUT2D eigenvalue weighted by atomic mass is 10.0. The first-order valence-electron chi connectivity index (χ1n) is 9.96. The van der Waals surface area contributed by atoms with E-state index in [-0.39, 0.29) is 5.91 Å². The van der Waals surface area contributed by atoms with Crippen molar-refractivity contribution in [2.75, 3.05) is 31.1 Å². The number of carbonyl (C=O) groups is 1. The number of amides is 1. The molecule has 2 aromatic rings. The third-order valence-corrected chi connectivity index (χ3v) is 5.22. The molecule has 1 fully saturated rings. The fourth-order valence-electron chi connectivity index (χ4n) is 3.79. The second-order valence-corrected chi connectivity index (χ2v) is 7.26. The fraction of sp³-hybridized carbons (Fsp3) is 0.500. The predicted molar refractivity (Wildman–Crippen MR) is 109 cm³/mol. The van der Waals surface area contributed by atoms with E-state index in [9.17, 15) is 4.79 Å². The fourth-order valence-corrected chi connectivity index (χ4v) is 3.79. The van der Waals surface area contributed by atoms with E-state index in [2.05, 4.69) is 43.0 Å². The number of hydrogen-bond acceptors (Lipinski definition) is 4. The lowest BCUT2D eigenvalue weighted by molar-refractivity contribution is -0.131. The number of rotatable bonds is 5. The zero-order valence-electron chi connectivity index (χ0n) is 17.0. The molecule has 1 aromatic carbocycles. The maximum Gasteiger partial charge on any atom is 0.222 e. The summed E-state index contributed by atoms with van der Waals surface area (Å²) in [7, 11) is 0. The highest BCUT2D eigenvalue weighted by molar-refractivity contribution is 5.76. The molecule has 1 saturated heterocycles. The smallest absolute Gasteiger partial charge is 0.222 e. The molecule has 27 heavy (non-hydrogen) atoms. The van der Waals surface area contributed by atoms with Crippen molar-refractivity contribution in [3.8, 4) is 0 Å². The van der Waals surface area contributed by atoms with Crippen LogP contribution in [-0.4, -0.2) is 47.0 Å². The molecule has 1 aliphatic heterocycles. The van der Waals surface area contributed by atoms with Crippen LogP contribution in [0.2, 0.25) is 0 Å². The minimum absolute atomic E-state index is 0.239. The van der Waals surface area contributed by atoms with Gasteiger partial charge in [-0.25, -0.2) is 9.97 Å². The molecular weight excluding hydrogens is 336 g/mol. The van der Waals surface area contributed by atoms with Gasteiger partial charge in [0.05, 0.1) is 0 Å². The molecule has 3 rings (SSSR count). The minimum Gasteiger partial charge on any atom is -0.353 e. The molecule has 0 bridgehead atoms. The molecule has 1 amide bonds. The SMILES string of the molecule is CCC(=O)N1CCN(c2nc(C)nc(CC)c2Cc2cccc(C)c2)CC1. The molecule has 0 atom stereocenters. The average molecular weight is 367 g/mol. The van der Waals surface area contributed by atoms with Gasteiger partial charge >= 0.3 is 0 Å². The van der Waals surface area contributed by atoms with Crippen molar-refractivity contribution in [1.82, 2.24) is 14.9 Å². The number of anilines is 1. The molecule has 0 radical (unpaired) electrons. The molecule has 144 valence electrons. The van der Waals surface area contributed by atoms with Crippen LogP contribution in [-0.2, 0) is 17.6 Å². The van der Waals surface area contributed by atoms with Gasteiger partial charge < -0.3 is 9.80 Å². The lowest BCUT2D eigenvalue weighted by Gasteiger charge is -2.36. The van der Waals surface area contributed by atoms with E-state index in [1.807, 2.05) is 18.7 Å². The van der Waals surface area contributed by atoms with Crippen LogP contribution in [0.5, 0.6) is 0 Å². The highest BCUT2D eigenvalue weighted by atomic mass is 16.2. The van der Waals surface area contributed by atoms with Crippen LogP contribution in [0.15, 0.2) is 24.3 Å². The van der Waals surface area contributed by atoms with E-state index in [0.29, 0.717) is 6.42 Å². The lowest BCUT2D eigenvalue weighted by Crippen LogP contribution is -2.49. The number of aryl methyl sites for hydroxylation is 3. The molecule has 5 heteroatoms. The summed E-state index contributed by atoms with van der Waals surface area (Å²) in [6, 6.07) is 8.65. The van der Waals surface area contributed by atoms with Gasteiger partial charge in [-0.1, -0.05) is 43.7 Å². The second kappa shape index (κ2) is 8.51. The summed E-state index contributed by atoms with van der Waals surface area (Å²) in [6.45, 7) is 11.4. The number of piperazine rings is 1. The van der Waals surface area contributed by atoms with E-state index in [0.717, 1.165) is 56.4 Å². The first-order chi connectivity index (χ1) is 13.0. The van der Waals surface area contributed by atoms with Gasteiger partial charge in [-0.2, -0.15) is 0 Å². The number of benzene rings is 1. The molecule has 0 N–H and O–H groups in total. The summed E-state index contributed by atoms with van der Waals surface area (Å²) in [5, 5.41) is 0. The van der Waals surface area contributed by atoms with Crippen molar-refractivity contribution in [3.63, 3.8) is 0 Å². The van der Waals surface area contributed by atoms with Crippen LogP contribution in [0.1, 0.15) is 48.5 Å². The average Bonchev–Trinajstić information content (AvgIpc) is 2.68. The van der Waals surface area contributed by atoms with Crippen LogP contribution >= 0.6 is 0 Å². The Hall–Kier alpha value is -2.43. The van der Waals surface area contributed by atoms with Crippen LogP contribution in [0.4, 0.5) is 5.82 Å². The largest absolute Gasteiger partial charge is 0.353 e. The summed E-state index contributed by atoms with van der Waals surface area (Å²) in [4.78, 5) is 25.8. The highest BCUT2D eigenvalue weighted by Crippen LogP contribution is 2.26. The summed E-state index contributed by atoms with van der Waals surface area (Å²) in [5.74, 6) is 2.11. The molecular formula is C22H30N4O. The molecule has 0 unspecified atom stereocenters. The Kier molecular flexibility index (Phi) is 6.09. The topological polar surface area (TPSA) is 49.3 Å². The number of aromatic nitrogens is 2. The van der Waals surface area contributed by atoms with E-state index in [1.165, 1.54) is 16.7 Å². The van der Waals surface area contributed by atoms with Crippen molar-refractivity contribution >= 4 is 11.7 Å². The van der Waals surface area contributed by atoms with Gasteiger partial charge in [-0.3, -0.25) is 4.79 Å². The summed E-state index contributed by atoms with van der Waals surface area (Å²) in [6.07, 6.45) is 2.31. The highest BCUT2D eigenvalue weighted by Gasteiger charge is 2.24. The van der Waals surface area contributed by atoms with E-state index in [1.54, 1.807) is 0 Å². The Balaban J connectivity index is 1.90. The van der Waals surface area contributed by atoms with Gasteiger partial charge in [0.1, 0.15) is 11.6 Å². The first kappa shape index (κ1) is 19.3. The van der Waals surface area contributed by atoms with E-state index in [4.69, 9.17) is 9.97 Å². The Labute approximate surface area is 162 Å². The zero-order valence-corrected chi connectivity index (χ0v) is 17.0. The number of hydrogen-bond donors (Lipinski definition) is 0. The van der Waals surface area contributed by atoms with Crippen molar-refractivity contribution in [2.45, 2.75) is 47.0 Å². The monoisotopic (exact) mass is 366 g/mol. The third kappa shape index (κ3) is 4.46. The Morgan fingerprint density at radius 2 is 1.81 bits per heavy atom. The van der Waals surface area contributed by atoms with Crippen molar-refractivity contribution in [3.05, 3.63) is 52.5 Å². The normalized spacial score (nSPS) is 14.5. The Morgan fingerprint density at radius 3 is 2.44 bits per heavy atom. The van der Waals surface area contributed by atoms with Crippen LogP contribution in [0.25, 0.3) is 0 Å². The predicted octanol–water partition coefficient (Wildman–Crippen LogP) is 3.31. The van der Waals surface area contributed by atoms with Gasteiger partial charge in [0.15, 0.2) is 0 Å². The Bertz CT molecular complexity index is 810. The van der Waals surface area contributed by atoms with Gasteiger partial charge in [0.25, 0.3) is 0 Å². The summed E-state index contributed by atoms with van der Waals surface area (Å²) >= 11 is 0. The van der Waals surface area contributed by atoms with Crippen molar-refractivity contribution in [2.24, 2.45) is 0 Å². The van der Waals surface area contributed by atoms with E-state index < -0.39 is 0 Å². The summed E-state index contributed by atoms with van der Waals surface area (Å²) in [5.41, 5.74) is 4.92. The minimum atomic E-state index is 0.239. The van der Waals surface area contributed by atoms with E-state index >= 15 is 0 Å². The zero-order chi connectivity index (χ0) is 19.4. The van der Waals surface area contributed by atoms with Gasteiger partial charge in [-0.05, 0) is 25.8 Å². The maximum atomic E-state index is 12.0. The molecule has 1 aromatic heterocycles. The third-order valence-electron chi connectivity index (χ3n) is 5.22. The molecule has 0 spiro atoms. The van der Waals surface area contributed by atoms with Gasteiger partial charge in [0.2, 0.25) is 5.91 Å². The standard InChI is InChI=1S/C22H30N4O/c1-5-20-19(15-18-9-7-8-16(3)14-18)22(24-17(4)23-20)26-12-10-25(11-13-26)21(27)6-2/h7-9,14H,5-6,10-13,15H2,1-4H3. The van der Waals surface area contributed by atoms with Crippen LogP contribution in [0, 0.1) is 13.8 Å². The first-order valence-corrected chi connectivity index (χ1v) is 9.96. The van der Waals surface area contributed by atoms with Gasteiger partial charge in [-0.15, -0.1) is 0 Å². The second-order valence-electron chi connectivity index (χ2n) is 7.26. The summed E-state index contributed by atoms with van der Waals surface area (Å²) < 4.78 is 0. The maximum absolute atomic E-state index is 12.0. The molecule has 1 aliphatic rings. The van der Waals surface area contributed by atoms with Crippen LogP contribution < -0.4 is 4.90 Å². The number of nitrogens with zero attached hydrogens (tertiary/aromatic N) is 4. The quantitative estimate of drug-likeness (QED) is 0.815. The molecule has 5 nitrogen and oxygen atoms in total. The Morgan fingerprint density at radius 1 is 1.07 bits per heavy atom. The molecule has 2 heterocycles. The van der Waals surface area contributed by atoms with Gasteiger partial charge in [0, 0.05) is 50.3 Å². The molecule has 0 saturated carbocycles. The van der Waals surface area contributed by atoms with Crippen LogP contribution in [0.3, 0.4) is 0 Å². The molecule has 0 aliphatic carbocycles. The van der Waals surface area contributed by atoms with Crippen molar-refractivity contribution in [1.29, 1.82) is 0 Å².